The smallest absolute Gasteiger partial charge is 0.325 e. The molecule has 1 aromatic heterocycles. The number of aryl methyl sites for hydroxylation is 1. The van der Waals surface area contributed by atoms with Crippen LogP contribution in [0, 0.1) is 0 Å². The predicted molar refractivity (Wildman–Crippen MR) is 124 cm³/mol. The number of hydrogen-bond donors (Lipinski definition) is 0. The Kier molecular flexibility index (Phi) is 8.05. The summed E-state index contributed by atoms with van der Waals surface area (Å²) >= 11 is 1.40. The summed E-state index contributed by atoms with van der Waals surface area (Å²) in [5, 5.41) is 0. The number of benzene rings is 2. The van der Waals surface area contributed by atoms with Gasteiger partial charge >= 0.3 is 5.97 Å². The minimum absolute atomic E-state index is 0.00667. The maximum atomic E-state index is 12.8. The molecule has 1 heterocycles. The molecule has 0 spiro atoms. The highest BCUT2D eigenvalue weighted by Gasteiger charge is 2.13. The number of ether oxygens (including phenoxy) is 3. The minimum atomic E-state index is -0.395. The molecule has 0 atom stereocenters. The van der Waals surface area contributed by atoms with Crippen LogP contribution in [0.25, 0.3) is 10.2 Å². The van der Waals surface area contributed by atoms with Gasteiger partial charge in [0.05, 0.1) is 38.0 Å². The van der Waals surface area contributed by atoms with Crippen molar-refractivity contribution in [3.63, 3.8) is 0 Å². The van der Waals surface area contributed by atoms with Crippen molar-refractivity contribution < 1.29 is 23.8 Å². The monoisotopic (exact) mass is 456 g/mol. The van der Waals surface area contributed by atoms with Gasteiger partial charge in [0.1, 0.15) is 6.54 Å². The van der Waals surface area contributed by atoms with Gasteiger partial charge < -0.3 is 18.8 Å². The normalized spacial score (nSPS) is 11.6. The van der Waals surface area contributed by atoms with Gasteiger partial charge in [0, 0.05) is 0 Å². The van der Waals surface area contributed by atoms with E-state index in [0.29, 0.717) is 16.3 Å². The van der Waals surface area contributed by atoms with Crippen LogP contribution < -0.4 is 14.3 Å². The summed E-state index contributed by atoms with van der Waals surface area (Å²) in [4.78, 5) is 29.6. The molecular weight excluding hydrogens is 428 g/mol. The Morgan fingerprint density at radius 1 is 1.00 bits per heavy atom. The maximum absolute atomic E-state index is 12.8. The molecule has 1 amide bonds. The lowest BCUT2D eigenvalue weighted by Gasteiger charge is -2.08. The van der Waals surface area contributed by atoms with Gasteiger partial charge in [0.15, 0.2) is 16.3 Å². The number of methoxy groups -OCH3 is 3. The number of aromatic nitrogens is 1. The van der Waals surface area contributed by atoms with Crippen LogP contribution in [-0.4, -0.2) is 37.8 Å². The van der Waals surface area contributed by atoms with Crippen LogP contribution in [0.5, 0.6) is 11.5 Å². The number of amides is 1. The lowest BCUT2D eigenvalue weighted by atomic mass is 10.1. The largest absolute Gasteiger partial charge is 0.493 e. The minimum Gasteiger partial charge on any atom is -0.493 e. The van der Waals surface area contributed by atoms with Gasteiger partial charge in [-0.1, -0.05) is 36.8 Å². The van der Waals surface area contributed by atoms with E-state index in [0.717, 1.165) is 35.0 Å². The van der Waals surface area contributed by atoms with E-state index >= 15 is 0 Å². The molecule has 0 unspecified atom stereocenters. The van der Waals surface area contributed by atoms with Crippen molar-refractivity contribution in [2.24, 2.45) is 4.99 Å². The maximum Gasteiger partial charge on any atom is 0.325 e. The van der Waals surface area contributed by atoms with Crippen molar-refractivity contribution in [1.29, 1.82) is 0 Å². The van der Waals surface area contributed by atoms with Crippen LogP contribution in [0.15, 0.2) is 41.4 Å². The second kappa shape index (κ2) is 10.9. The van der Waals surface area contributed by atoms with E-state index in [2.05, 4.69) is 24.0 Å². The molecule has 32 heavy (non-hydrogen) atoms. The van der Waals surface area contributed by atoms with Gasteiger partial charge in [-0.3, -0.25) is 9.59 Å². The third-order valence-electron chi connectivity index (χ3n) is 5.10. The molecule has 3 aromatic rings. The van der Waals surface area contributed by atoms with Gasteiger partial charge in [-0.05, 0) is 48.2 Å². The third-order valence-corrected chi connectivity index (χ3v) is 6.15. The number of fused-ring (bicyclic) bond motifs is 1. The summed E-state index contributed by atoms with van der Waals surface area (Å²) in [6.07, 6.45) is 3.33. The summed E-state index contributed by atoms with van der Waals surface area (Å²) in [6.45, 7) is 2.16. The Morgan fingerprint density at radius 2 is 1.75 bits per heavy atom. The van der Waals surface area contributed by atoms with Gasteiger partial charge in [-0.2, -0.15) is 4.99 Å². The molecule has 0 radical (unpaired) electrons. The molecule has 3 rings (SSSR count). The molecule has 8 heteroatoms. The highest BCUT2D eigenvalue weighted by Crippen LogP contribution is 2.28. The molecule has 0 saturated heterocycles. The van der Waals surface area contributed by atoms with Crippen molar-refractivity contribution in [3.8, 4) is 11.5 Å². The number of hydrogen-bond acceptors (Lipinski definition) is 6. The first-order chi connectivity index (χ1) is 15.5. The Hall–Kier alpha value is -3.13. The standard InChI is InChI=1S/C24H28N2O5S/c1-5-6-7-16-8-10-18-21(13-16)32-24(26(18)15-23(28)31-4)25-22(27)14-17-9-11-19(29-2)20(12-17)30-3/h8-13H,5-7,14-15H2,1-4H3. The van der Waals surface area contributed by atoms with Crippen LogP contribution in [0.4, 0.5) is 0 Å². The number of thiazole rings is 1. The number of carbonyl (C=O) groups excluding carboxylic acids is 2. The lowest BCUT2D eigenvalue weighted by Crippen LogP contribution is -2.22. The van der Waals surface area contributed by atoms with Gasteiger partial charge in [0.25, 0.3) is 5.91 Å². The van der Waals surface area contributed by atoms with E-state index in [1.807, 2.05) is 12.1 Å². The van der Waals surface area contributed by atoms with Crippen LogP contribution in [0.3, 0.4) is 0 Å². The average molecular weight is 457 g/mol. The first kappa shape index (κ1) is 23.5. The molecule has 0 aliphatic carbocycles. The number of rotatable bonds is 9. The van der Waals surface area contributed by atoms with E-state index in [-0.39, 0.29) is 18.9 Å². The van der Waals surface area contributed by atoms with Crippen molar-refractivity contribution in [3.05, 3.63) is 52.3 Å². The fraction of sp³-hybridized carbons (Fsp3) is 0.375. The zero-order valence-corrected chi connectivity index (χ0v) is 19.7. The fourth-order valence-corrected chi connectivity index (χ4v) is 4.51. The molecular formula is C24H28N2O5S. The van der Waals surface area contributed by atoms with Crippen LogP contribution in [0.2, 0.25) is 0 Å². The molecule has 0 N–H and O–H groups in total. The molecule has 0 fully saturated rings. The van der Waals surface area contributed by atoms with Gasteiger partial charge in [0.2, 0.25) is 0 Å². The van der Waals surface area contributed by atoms with E-state index in [1.54, 1.807) is 30.9 Å². The summed E-state index contributed by atoms with van der Waals surface area (Å²) in [7, 11) is 4.46. The molecule has 2 aromatic carbocycles. The lowest BCUT2D eigenvalue weighted by molar-refractivity contribution is -0.141. The molecule has 170 valence electrons. The quantitative estimate of drug-likeness (QED) is 0.456. The summed E-state index contributed by atoms with van der Waals surface area (Å²) < 4.78 is 18.1. The van der Waals surface area contributed by atoms with E-state index in [9.17, 15) is 9.59 Å². The van der Waals surface area contributed by atoms with Crippen molar-refractivity contribution in [2.45, 2.75) is 39.2 Å². The molecule has 0 saturated carbocycles. The zero-order valence-electron chi connectivity index (χ0n) is 18.8. The van der Waals surface area contributed by atoms with E-state index < -0.39 is 5.97 Å². The van der Waals surface area contributed by atoms with Crippen LogP contribution in [0.1, 0.15) is 30.9 Å². The van der Waals surface area contributed by atoms with Crippen molar-refractivity contribution >= 4 is 33.4 Å². The number of carbonyl (C=O) groups is 2. The molecule has 0 aliphatic rings. The second-order valence-corrected chi connectivity index (χ2v) is 8.33. The summed E-state index contributed by atoms with van der Waals surface area (Å²) in [5.74, 6) is 0.446. The fourth-order valence-electron chi connectivity index (χ4n) is 3.40. The van der Waals surface area contributed by atoms with Gasteiger partial charge in [-0.25, -0.2) is 0 Å². The molecule has 0 bridgehead atoms. The highest BCUT2D eigenvalue weighted by molar-refractivity contribution is 7.16. The number of esters is 1. The Morgan fingerprint density at radius 3 is 2.44 bits per heavy atom. The van der Waals surface area contributed by atoms with E-state index in [4.69, 9.17) is 14.2 Å². The van der Waals surface area contributed by atoms with Gasteiger partial charge in [-0.15, -0.1) is 0 Å². The topological polar surface area (TPSA) is 79.1 Å². The van der Waals surface area contributed by atoms with E-state index in [1.165, 1.54) is 24.0 Å². The Bertz CT molecular complexity index is 1180. The first-order valence-electron chi connectivity index (χ1n) is 10.5. The predicted octanol–water partition coefficient (Wildman–Crippen LogP) is 3.91. The van der Waals surface area contributed by atoms with Crippen molar-refractivity contribution in [1.82, 2.24) is 4.57 Å². The zero-order chi connectivity index (χ0) is 23.1. The third kappa shape index (κ3) is 5.56. The first-order valence-corrected chi connectivity index (χ1v) is 11.3. The average Bonchev–Trinajstić information content (AvgIpc) is 3.12. The Balaban J connectivity index is 1.96. The van der Waals surface area contributed by atoms with Crippen LogP contribution in [-0.2, 0) is 33.7 Å². The summed E-state index contributed by atoms with van der Waals surface area (Å²) in [5.41, 5.74) is 2.85. The second-order valence-electron chi connectivity index (χ2n) is 7.32. The summed E-state index contributed by atoms with van der Waals surface area (Å²) in [6, 6.07) is 11.5. The number of nitrogens with zero attached hydrogens (tertiary/aromatic N) is 2. The van der Waals surface area contributed by atoms with Crippen molar-refractivity contribution in [2.75, 3.05) is 21.3 Å². The van der Waals surface area contributed by atoms with Crippen LogP contribution >= 0.6 is 11.3 Å². The highest BCUT2D eigenvalue weighted by atomic mass is 32.1. The molecule has 0 aliphatic heterocycles. The molecule has 7 nitrogen and oxygen atoms in total. The SMILES string of the molecule is CCCCc1ccc2c(c1)sc(=NC(=O)Cc1ccc(OC)c(OC)c1)n2CC(=O)OC. The number of unbranched alkanes of at least 4 members (excludes halogenated alkanes) is 1. The Labute approximate surface area is 191 Å².